The van der Waals surface area contributed by atoms with Gasteiger partial charge in [-0.25, -0.2) is 0 Å². The van der Waals surface area contributed by atoms with Gasteiger partial charge < -0.3 is 10.4 Å². The van der Waals surface area contributed by atoms with Gasteiger partial charge >= 0.3 is 5.97 Å². The third-order valence-corrected chi connectivity index (χ3v) is 2.81. The molecule has 0 bridgehead atoms. The van der Waals surface area contributed by atoms with E-state index in [4.69, 9.17) is 5.11 Å². The molecule has 0 aromatic rings. The number of nitrogens with one attached hydrogen (secondary N) is 1. The second kappa shape index (κ2) is 14.1. The Hall–Kier alpha value is -0.320. The fraction of sp³-hybridized carbons (Fsp3) is 0.714. The number of unbranched alkanes of at least 4 members (excludes halogenated alkanes) is 6. The van der Waals surface area contributed by atoms with Gasteiger partial charge in [0.2, 0.25) is 5.91 Å². The Bertz CT molecular complexity index is 269. The molecule has 0 aromatic heterocycles. The number of hydrogen-bond donors (Lipinski definition) is 2. The van der Waals surface area contributed by atoms with Gasteiger partial charge in [0.1, 0.15) is 6.04 Å². The van der Waals surface area contributed by atoms with Crippen molar-refractivity contribution in [1.82, 2.24) is 5.32 Å². The summed E-state index contributed by atoms with van der Waals surface area (Å²) >= 11 is 0. The fourth-order valence-corrected chi connectivity index (χ4v) is 1.66. The van der Waals surface area contributed by atoms with Gasteiger partial charge in [0.25, 0.3) is 0 Å². The molecule has 0 unspecified atom stereocenters. The zero-order valence-corrected chi connectivity index (χ0v) is 14.3. The molecule has 0 aliphatic heterocycles. The predicted octanol–water partition coefficient (Wildman–Crippen LogP) is 2.50. The normalized spacial score (nSPS) is 11.2. The Morgan fingerprint density at radius 1 is 1.16 bits per heavy atom. The Balaban J connectivity index is 0. The average Bonchev–Trinajstić information content (AvgIpc) is 2.32. The maximum Gasteiger partial charge on any atom is 0.325 e. The second-order valence-corrected chi connectivity index (χ2v) is 4.58. The molecule has 105 valence electrons. The molecule has 2 N–H and O–H groups in total. The van der Waals surface area contributed by atoms with Crippen LogP contribution in [0.25, 0.3) is 0 Å². The minimum atomic E-state index is -0.995. The van der Waals surface area contributed by atoms with E-state index in [2.05, 4.69) is 11.9 Å². The topological polar surface area (TPSA) is 66.4 Å². The van der Waals surface area contributed by atoms with Crippen molar-refractivity contribution in [2.24, 2.45) is 0 Å². The van der Waals surface area contributed by atoms with Gasteiger partial charge in [0.15, 0.2) is 0 Å². The number of carboxylic acid groups (broad SMARTS) is 1. The average molecular weight is 278 g/mol. The third-order valence-electron chi connectivity index (χ3n) is 2.81. The van der Waals surface area contributed by atoms with Crippen LogP contribution < -0.4 is 5.32 Å². The van der Waals surface area contributed by atoms with Crippen molar-refractivity contribution < 1.29 is 14.7 Å². The number of allylic oxidation sites excluding steroid dienone is 1. The van der Waals surface area contributed by atoms with Crippen molar-refractivity contribution in [1.29, 1.82) is 0 Å². The standard InChI is InChI=1S/C14H25NO3.Na/c1-3-4-5-6-7-8-9-10-11-13(16)15-12(2)14(17)18;/h3,12H,1,4-11H2,2H3,(H,15,16)(H,17,18);/t12-;/m0./s1. The van der Waals surface area contributed by atoms with Crippen LogP contribution in [-0.4, -0.2) is 52.6 Å². The zero-order valence-electron chi connectivity index (χ0n) is 12.3. The van der Waals surface area contributed by atoms with E-state index >= 15 is 0 Å². The van der Waals surface area contributed by atoms with E-state index in [-0.39, 0.29) is 35.5 Å². The van der Waals surface area contributed by atoms with Crippen LogP contribution in [0.2, 0.25) is 0 Å². The molecule has 0 aliphatic rings. The molecule has 0 aromatic carbocycles. The van der Waals surface area contributed by atoms with E-state index in [0.29, 0.717) is 6.42 Å². The van der Waals surface area contributed by atoms with Crippen LogP contribution in [0.1, 0.15) is 58.3 Å². The first-order chi connectivity index (χ1) is 8.57. The summed E-state index contributed by atoms with van der Waals surface area (Å²) in [6.45, 7) is 5.15. The first-order valence-electron chi connectivity index (χ1n) is 6.71. The summed E-state index contributed by atoms with van der Waals surface area (Å²) in [6.07, 6.45) is 10.0. The van der Waals surface area contributed by atoms with Crippen LogP contribution in [0.5, 0.6) is 0 Å². The number of amides is 1. The molecule has 1 amide bonds. The monoisotopic (exact) mass is 278 g/mol. The van der Waals surface area contributed by atoms with Crippen LogP contribution in [0.15, 0.2) is 12.7 Å². The molecule has 4 nitrogen and oxygen atoms in total. The number of carboxylic acids is 1. The number of rotatable bonds is 11. The maximum absolute atomic E-state index is 11.3. The van der Waals surface area contributed by atoms with Crippen LogP contribution in [0.3, 0.4) is 0 Å². The molecule has 0 spiro atoms. The molecule has 1 radical (unpaired) electrons. The van der Waals surface area contributed by atoms with Gasteiger partial charge in [-0.05, 0) is 26.2 Å². The molecule has 0 saturated carbocycles. The van der Waals surface area contributed by atoms with Gasteiger partial charge in [-0.1, -0.05) is 31.8 Å². The first-order valence-corrected chi connectivity index (χ1v) is 6.71. The van der Waals surface area contributed by atoms with E-state index in [0.717, 1.165) is 25.7 Å². The molecular formula is C14H25NNaO3. The van der Waals surface area contributed by atoms with Crippen molar-refractivity contribution in [3.8, 4) is 0 Å². The summed E-state index contributed by atoms with van der Waals surface area (Å²) in [5.74, 6) is -1.16. The molecule has 5 heteroatoms. The summed E-state index contributed by atoms with van der Waals surface area (Å²) in [5, 5.41) is 11.1. The summed E-state index contributed by atoms with van der Waals surface area (Å²) in [4.78, 5) is 21.9. The number of carbonyl (C=O) groups excluding carboxylic acids is 1. The molecule has 19 heavy (non-hydrogen) atoms. The molecule has 0 fully saturated rings. The minimum Gasteiger partial charge on any atom is -0.480 e. The third kappa shape index (κ3) is 13.9. The van der Waals surface area contributed by atoms with E-state index in [1.165, 1.54) is 26.2 Å². The predicted molar refractivity (Wildman–Crippen MR) is 78.1 cm³/mol. The summed E-state index contributed by atoms with van der Waals surface area (Å²) in [5.41, 5.74) is 0. The quantitative estimate of drug-likeness (QED) is 0.347. The Kier molecular flexibility index (Phi) is 15.6. The maximum atomic E-state index is 11.3. The van der Waals surface area contributed by atoms with Crippen LogP contribution in [-0.2, 0) is 9.59 Å². The largest absolute Gasteiger partial charge is 0.480 e. The van der Waals surface area contributed by atoms with E-state index in [9.17, 15) is 9.59 Å². The van der Waals surface area contributed by atoms with Gasteiger partial charge in [0, 0.05) is 36.0 Å². The molecule has 0 saturated heterocycles. The number of aliphatic carboxylic acids is 1. The van der Waals surface area contributed by atoms with Gasteiger partial charge in [-0.15, -0.1) is 6.58 Å². The molecule has 0 aliphatic carbocycles. The Morgan fingerprint density at radius 2 is 1.68 bits per heavy atom. The van der Waals surface area contributed by atoms with E-state index in [1.807, 2.05) is 6.08 Å². The molecule has 1 atom stereocenters. The molecular weight excluding hydrogens is 253 g/mol. The Labute approximate surface area is 138 Å². The summed E-state index contributed by atoms with van der Waals surface area (Å²) in [7, 11) is 0. The SMILES string of the molecule is C=CCCCCCCCCC(=O)N[C@@H](C)C(=O)O.[Na]. The first kappa shape index (κ1) is 21.0. The minimum absolute atomic E-state index is 0. The second-order valence-electron chi connectivity index (χ2n) is 4.58. The van der Waals surface area contributed by atoms with Gasteiger partial charge in [-0.3, -0.25) is 9.59 Å². The summed E-state index contributed by atoms with van der Waals surface area (Å²) < 4.78 is 0. The number of carbonyl (C=O) groups is 2. The smallest absolute Gasteiger partial charge is 0.325 e. The molecule has 0 heterocycles. The van der Waals surface area contributed by atoms with E-state index in [1.54, 1.807) is 0 Å². The van der Waals surface area contributed by atoms with Crippen molar-refractivity contribution in [2.75, 3.05) is 0 Å². The fourth-order valence-electron chi connectivity index (χ4n) is 1.66. The van der Waals surface area contributed by atoms with Crippen molar-refractivity contribution >= 4 is 41.4 Å². The van der Waals surface area contributed by atoms with Crippen LogP contribution in [0, 0.1) is 0 Å². The van der Waals surface area contributed by atoms with E-state index < -0.39 is 12.0 Å². The van der Waals surface area contributed by atoms with Gasteiger partial charge in [-0.2, -0.15) is 0 Å². The number of hydrogen-bond acceptors (Lipinski definition) is 2. The van der Waals surface area contributed by atoms with Crippen molar-refractivity contribution in [3.63, 3.8) is 0 Å². The summed E-state index contributed by atoms with van der Waals surface area (Å²) in [6, 6.07) is -0.795. The van der Waals surface area contributed by atoms with Crippen LogP contribution >= 0.6 is 0 Å². The Morgan fingerprint density at radius 3 is 2.21 bits per heavy atom. The van der Waals surface area contributed by atoms with Crippen molar-refractivity contribution in [3.05, 3.63) is 12.7 Å². The van der Waals surface area contributed by atoms with Gasteiger partial charge in [0.05, 0.1) is 0 Å². The van der Waals surface area contributed by atoms with Crippen molar-refractivity contribution in [2.45, 2.75) is 64.3 Å². The molecule has 0 rings (SSSR count). The van der Waals surface area contributed by atoms with Crippen LogP contribution in [0.4, 0.5) is 0 Å². The zero-order chi connectivity index (χ0) is 13.8.